The van der Waals surface area contributed by atoms with Crippen LogP contribution in [0.2, 0.25) is 0 Å². The van der Waals surface area contributed by atoms with Gasteiger partial charge in [-0.05, 0) is 37.5 Å². The lowest BCUT2D eigenvalue weighted by Gasteiger charge is -2.16. The van der Waals surface area contributed by atoms with Crippen LogP contribution in [0.15, 0.2) is 35.0 Å². The number of aryl methyl sites for hydroxylation is 1. The van der Waals surface area contributed by atoms with Crippen molar-refractivity contribution in [1.82, 2.24) is 25.1 Å². The number of rotatable bonds is 6. The molecular formula is C15H17N5O2S. The molecule has 1 unspecified atom stereocenters. The number of nitrogens with zero attached hydrogens (tertiary/aromatic N) is 4. The Bertz CT molecular complexity index is 813. The van der Waals surface area contributed by atoms with E-state index in [9.17, 15) is 4.79 Å². The maximum absolute atomic E-state index is 12.4. The van der Waals surface area contributed by atoms with Crippen molar-refractivity contribution in [1.29, 1.82) is 0 Å². The Morgan fingerprint density at radius 3 is 3.04 bits per heavy atom. The maximum atomic E-state index is 12.4. The van der Waals surface area contributed by atoms with Gasteiger partial charge in [0.25, 0.3) is 5.91 Å². The van der Waals surface area contributed by atoms with E-state index in [0.29, 0.717) is 11.6 Å². The van der Waals surface area contributed by atoms with Crippen LogP contribution in [-0.4, -0.2) is 37.7 Å². The van der Waals surface area contributed by atoms with Gasteiger partial charge in [0, 0.05) is 12.3 Å². The van der Waals surface area contributed by atoms with E-state index in [4.69, 9.17) is 4.52 Å². The fraction of sp³-hybridized carbons (Fsp3) is 0.333. The van der Waals surface area contributed by atoms with Crippen LogP contribution in [0.4, 0.5) is 0 Å². The molecule has 3 rings (SSSR count). The van der Waals surface area contributed by atoms with Crippen LogP contribution in [0.1, 0.15) is 34.5 Å². The molecule has 0 aliphatic heterocycles. The van der Waals surface area contributed by atoms with Crippen LogP contribution < -0.4 is 5.32 Å². The molecule has 1 N–H and O–H groups in total. The van der Waals surface area contributed by atoms with Crippen molar-refractivity contribution in [2.75, 3.05) is 12.0 Å². The summed E-state index contributed by atoms with van der Waals surface area (Å²) < 4.78 is 6.85. The summed E-state index contributed by atoms with van der Waals surface area (Å²) in [6.45, 7) is 1.75. The predicted octanol–water partition coefficient (Wildman–Crippen LogP) is 2.25. The number of aromatic nitrogens is 4. The Kier molecular flexibility index (Phi) is 4.61. The first-order chi connectivity index (χ1) is 11.2. The molecule has 3 heterocycles. The molecule has 0 aromatic carbocycles. The van der Waals surface area contributed by atoms with Gasteiger partial charge in [-0.25, -0.2) is 0 Å². The summed E-state index contributed by atoms with van der Waals surface area (Å²) in [6, 6.07) is 7.06. The first-order valence-electron chi connectivity index (χ1n) is 7.22. The second-order valence-corrected chi connectivity index (χ2v) is 6.10. The third-order valence-electron chi connectivity index (χ3n) is 3.43. The zero-order valence-electron chi connectivity index (χ0n) is 12.9. The van der Waals surface area contributed by atoms with Gasteiger partial charge < -0.3 is 9.84 Å². The number of thioether (sulfide) groups is 1. The molecule has 23 heavy (non-hydrogen) atoms. The monoisotopic (exact) mass is 331 g/mol. The van der Waals surface area contributed by atoms with Gasteiger partial charge in [0.1, 0.15) is 5.76 Å². The predicted molar refractivity (Wildman–Crippen MR) is 87.4 cm³/mol. The number of carbonyl (C=O) groups excluding carboxylic acids is 1. The molecule has 0 fully saturated rings. The summed E-state index contributed by atoms with van der Waals surface area (Å²) in [5.74, 6) is 1.93. The number of hydrogen-bond acceptors (Lipinski definition) is 6. The average molecular weight is 331 g/mol. The summed E-state index contributed by atoms with van der Waals surface area (Å²) in [4.78, 5) is 12.4. The largest absolute Gasteiger partial charge is 0.361 e. The minimum Gasteiger partial charge on any atom is -0.361 e. The zero-order valence-corrected chi connectivity index (χ0v) is 13.7. The van der Waals surface area contributed by atoms with Crippen LogP contribution in [0.3, 0.4) is 0 Å². The number of amides is 1. The van der Waals surface area contributed by atoms with Crippen molar-refractivity contribution in [3.63, 3.8) is 0 Å². The van der Waals surface area contributed by atoms with E-state index >= 15 is 0 Å². The van der Waals surface area contributed by atoms with Crippen LogP contribution in [0, 0.1) is 6.92 Å². The highest BCUT2D eigenvalue weighted by Crippen LogP contribution is 2.19. The standard InChI is InChI=1S/C15H17N5O2S/c1-10-9-12(19-22-10)15(21)16-11(6-8-23-2)14-18-17-13-5-3-4-7-20(13)14/h3-5,7,9,11H,6,8H2,1-2H3,(H,16,21). The van der Waals surface area contributed by atoms with Crippen molar-refractivity contribution < 1.29 is 9.32 Å². The lowest BCUT2D eigenvalue weighted by Crippen LogP contribution is -2.30. The van der Waals surface area contributed by atoms with Gasteiger partial charge in [-0.3, -0.25) is 9.20 Å². The van der Waals surface area contributed by atoms with Crippen molar-refractivity contribution >= 4 is 23.3 Å². The molecule has 3 aromatic rings. The fourth-order valence-electron chi connectivity index (χ4n) is 2.30. The molecule has 7 nitrogen and oxygen atoms in total. The van der Waals surface area contributed by atoms with Crippen LogP contribution in [-0.2, 0) is 0 Å². The third kappa shape index (κ3) is 3.37. The Morgan fingerprint density at radius 1 is 1.43 bits per heavy atom. The fourth-order valence-corrected chi connectivity index (χ4v) is 2.78. The van der Waals surface area contributed by atoms with E-state index in [1.807, 2.05) is 35.1 Å². The first kappa shape index (κ1) is 15.5. The molecule has 120 valence electrons. The Hall–Kier alpha value is -2.35. The Balaban J connectivity index is 1.87. The number of fused-ring (bicyclic) bond motifs is 1. The number of nitrogens with one attached hydrogen (secondary N) is 1. The van der Waals surface area contributed by atoms with E-state index in [0.717, 1.165) is 17.8 Å². The van der Waals surface area contributed by atoms with Gasteiger partial charge in [-0.1, -0.05) is 11.2 Å². The van der Waals surface area contributed by atoms with E-state index in [-0.39, 0.29) is 17.6 Å². The van der Waals surface area contributed by atoms with Crippen molar-refractivity contribution in [3.8, 4) is 0 Å². The lowest BCUT2D eigenvalue weighted by molar-refractivity contribution is 0.0924. The SMILES string of the molecule is CSCCC(NC(=O)c1cc(C)on1)c1nnc2ccccn12. The molecule has 8 heteroatoms. The quantitative estimate of drug-likeness (QED) is 0.745. The van der Waals surface area contributed by atoms with Crippen LogP contribution in [0.25, 0.3) is 5.65 Å². The minimum atomic E-state index is -0.277. The van der Waals surface area contributed by atoms with Crippen molar-refractivity contribution in [2.45, 2.75) is 19.4 Å². The third-order valence-corrected chi connectivity index (χ3v) is 4.07. The number of pyridine rings is 1. The van der Waals surface area contributed by atoms with Gasteiger partial charge >= 0.3 is 0 Å². The van der Waals surface area contributed by atoms with Gasteiger partial charge in [-0.2, -0.15) is 11.8 Å². The Labute approximate surface area is 137 Å². The summed E-state index contributed by atoms with van der Waals surface area (Å²) >= 11 is 1.72. The van der Waals surface area contributed by atoms with Crippen LogP contribution in [0.5, 0.6) is 0 Å². The number of carbonyl (C=O) groups is 1. The van der Waals surface area contributed by atoms with Crippen molar-refractivity contribution in [2.24, 2.45) is 0 Å². The molecule has 0 bridgehead atoms. The lowest BCUT2D eigenvalue weighted by atomic mass is 10.2. The average Bonchev–Trinajstić information content (AvgIpc) is 3.17. The molecule has 3 aromatic heterocycles. The molecule has 0 spiro atoms. The smallest absolute Gasteiger partial charge is 0.274 e. The van der Waals surface area contributed by atoms with Gasteiger partial charge in [0.05, 0.1) is 6.04 Å². The minimum absolute atomic E-state index is 0.246. The molecule has 0 saturated heterocycles. The zero-order chi connectivity index (χ0) is 16.2. The van der Waals surface area contributed by atoms with Crippen molar-refractivity contribution in [3.05, 3.63) is 47.7 Å². The molecule has 0 aliphatic rings. The van der Waals surface area contributed by atoms with E-state index in [2.05, 4.69) is 20.7 Å². The van der Waals surface area contributed by atoms with Gasteiger partial charge in [-0.15, -0.1) is 10.2 Å². The molecule has 1 amide bonds. The summed E-state index contributed by atoms with van der Waals surface area (Å²) in [7, 11) is 0. The van der Waals surface area contributed by atoms with Crippen LogP contribution >= 0.6 is 11.8 Å². The molecule has 0 radical (unpaired) electrons. The topological polar surface area (TPSA) is 85.3 Å². The molecule has 1 atom stereocenters. The second-order valence-electron chi connectivity index (χ2n) is 5.12. The summed E-state index contributed by atoms with van der Waals surface area (Å²) in [6.07, 6.45) is 4.67. The molecule has 0 saturated carbocycles. The molecule has 0 aliphatic carbocycles. The number of hydrogen-bond donors (Lipinski definition) is 1. The van der Waals surface area contributed by atoms with E-state index in [1.165, 1.54) is 0 Å². The normalized spacial score (nSPS) is 12.4. The van der Waals surface area contributed by atoms with E-state index in [1.54, 1.807) is 24.8 Å². The first-order valence-corrected chi connectivity index (χ1v) is 8.61. The second kappa shape index (κ2) is 6.82. The Morgan fingerprint density at radius 2 is 2.30 bits per heavy atom. The highest BCUT2D eigenvalue weighted by Gasteiger charge is 2.22. The molecular weight excluding hydrogens is 314 g/mol. The highest BCUT2D eigenvalue weighted by atomic mass is 32.2. The maximum Gasteiger partial charge on any atom is 0.274 e. The van der Waals surface area contributed by atoms with Gasteiger partial charge in [0.2, 0.25) is 0 Å². The summed E-state index contributed by atoms with van der Waals surface area (Å²) in [5.41, 5.74) is 1.02. The van der Waals surface area contributed by atoms with E-state index < -0.39 is 0 Å². The summed E-state index contributed by atoms with van der Waals surface area (Å²) in [5, 5.41) is 15.1. The highest BCUT2D eigenvalue weighted by molar-refractivity contribution is 7.98. The van der Waals surface area contributed by atoms with Gasteiger partial charge in [0.15, 0.2) is 17.2 Å².